The average Bonchev–Trinajstić information content (AvgIpc) is 2.88. The summed E-state index contributed by atoms with van der Waals surface area (Å²) in [6.45, 7) is 0.495. The highest BCUT2D eigenvalue weighted by Crippen LogP contribution is 2.31. The molecule has 0 aliphatic heterocycles. The van der Waals surface area contributed by atoms with Crippen LogP contribution in [-0.2, 0) is 16.1 Å². The second-order valence-corrected chi connectivity index (χ2v) is 4.47. The van der Waals surface area contributed by atoms with Crippen molar-refractivity contribution in [3.63, 3.8) is 0 Å². The Balaban J connectivity index is 2.49. The zero-order chi connectivity index (χ0) is 13.0. The Hall–Kier alpha value is -1.72. The van der Waals surface area contributed by atoms with Crippen LogP contribution in [0.3, 0.4) is 0 Å². The number of carbonyl (C=O) groups excluding carboxylic acids is 1. The van der Waals surface area contributed by atoms with Gasteiger partial charge in [-0.2, -0.15) is 0 Å². The molecule has 0 fully saturated rings. The summed E-state index contributed by atoms with van der Waals surface area (Å²) in [7, 11) is 3.00. The van der Waals surface area contributed by atoms with Crippen LogP contribution in [0.4, 0.5) is 0 Å². The van der Waals surface area contributed by atoms with Crippen molar-refractivity contribution in [2.75, 3.05) is 14.2 Å². The van der Waals surface area contributed by atoms with Gasteiger partial charge in [-0.15, -0.1) is 11.3 Å². The van der Waals surface area contributed by atoms with Gasteiger partial charge in [0.1, 0.15) is 0 Å². The number of ether oxygens (including phenoxy) is 2. The van der Waals surface area contributed by atoms with Crippen molar-refractivity contribution in [3.8, 4) is 10.4 Å². The van der Waals surface area contributed by atoms with Crippen molar-refractivity contribution in [3.05, 3.63) is 41.0 Å². The van der Waals surface area contributed by atoms with Crippen molar-refractivity contribution >= 4 is 17.3 Å². The maximum atomic E-state index is 11.6. The van der Waals surface area contributed by atoms with E-state index in [0.717, 1.165) is 16.0 Å². The molecule has 0 bridgehead atoms. The van der Waals surface area contributed by atoms with Gasteiger partial charge in [0.05, 0.1) is 24.1 Å². The van der Waals surface area contributed by atoms with Crippen molar-refractivity contribution in [1.82, 2.24) is 4.98 Å². The Labute approximate surface area is 109 Å². The minimum Gasteiger partial charge on any atom is -0.464 e. The van der Waals surface area contributed by atoms with Crippen molar-refractivity contribution in [2.45, 2.75) is 6.61 Å². The summed E-state index contributed by atoms with van der Waals surface area (Å²) in [5, 5.41) is 0. The van der Waals surface area contributed by atoms with Crippen LogP contribution in [0.25, 0.3) is 10.4 Å². The monoisotopic (exact) mass is 263 g/mol. The summed E-state index contributed by atoms with van der Waals surface area (Å²) in [5.74, 6) is -0.418. The first kappa shape index (κ1) is 12.7. The molecular formula is C13H13NO3S. The van der Waals surface area contributed by atoms with E-state index in [-0.39, 0.29) is 0 Å². The van der Waals surface area contributed by atoms with Crippen LogP contribution in [0, 0.1) is 0 Å². The van der Waals surface area contributed by atoms with E-state index in [1.807, 2.05) is 24.3 Å². The number of hydrogen-bond acceptors (Lipinski definition) is 5. The predicted molar refractivity (Wildman–Crippen MR) is 69.6 cm³/mol. The summed E-state index contributed by atoms with van der Waals surface area (Å²) in [6, 6.07) is 7.79. The lowest BCUT2D eigenvalue weighted by Crippen LogP contribution is -2.03. The molecule has 1 aromatic heterocycles. The third-order valence-corrected chi connectivity index (χ3v) is 3.37. The molecule has 0 aliphatic carbocycles. The minimum absolute atomic E-state index is 0.353. The number of nitrogens with zero attached hydrogens (tertiary/aromatic N) is 1. The number of rotatable bonds is 4. The average molecular weight is 263 g/mol. The zero-order valence-corrected chi connectivity index (χ0v) is 11.0. The summed E-state index contributed by atoms with van der Waals surface area (Å²) in [5.41, 5.74) is 3.98. The molecule has 0 atom stereocenters. The Morgan fingerprint density at radius 3 is 2.83 bits per heavy atom. The third kappa shape index (κ3) is 2.42. The van der Waals surface area contributed by atoms with Crippen molar-refractivity contribution < 1.29 is 14.3 Å². The van der Waals surface area contributed by atoms with E-state index >= 15 is 0 Å². The van der Waals surface area contributed by atoms with Crippen LogP contribution in [0.2, 0.25) is 0 Å². The van der Waals surface area contributed by atoms with Gasteiger partial charge in [0, 0.05) is 7.11 Å². The van der Waals surface area contributed by atoms with E-state index in [4.69, 9.17) is 9.47 Å². The predicted octanol–water partition coefficient (Wildman–Crippen LogP) is 2.74. The van der Waals surface area contributed by atoms with Crippen LogP contribution < -0.4 is 0 Å². The molecule has 0 amide bonds. The molecule has 0 spiro atoms. The maximum absolute atomic E-state index is 11.6. The molecular weight excluding hydrogens is 250 g/mol. The lowest BCUT2D eigenvalue weighted by Gasteiger charge is -2.07. The van der Waals surface area contributed by atoms with Gasteiger partial charge < -0.3 is 9.47 Å². The van der Waals surface area contributed by atoms with Gasteiger partial charge in [-0.3, -0.25) is 0 Å². The van der Waals surface area contributed by atoms with Gasteiger partial charge in [-0.05, 0) is 11.1 Å². The van der Waals surface area contributed by atoms with Gasteiger partial charge in [-0.1, -0.05) is 24.3 Å². The third-order valence-electron chi connectivity index (χ3n) is 2.51. The number of hydrogen-bond donors (Lipinski definition) is 0. The van der Waals surface area contributed by atoms with Crippen LogP contribution in [0.1, 0.15) is 16.1 Å². The first-order valence-electron chi connectivity index (χ1n) is 5.37. The van der Waals surface area contributed by atoms with E-state index in [1.54, 1.807) is 12.6 Å². The second-order valence-electron chi connectivity index (χ2n) is 3.61. The Bertz CT molecular complexity index is 551. The lowest BCUT2D eigenvalue weighted by atomic mass is 10.1. The fraction of sp³-hybridized carbons (Fsp3) is 0.231. The molecule has 4 nitrogen and oxygen atoms in total. The van der Waals surface area contributed by atoms with Crippen LogP contribution in [0.5, 0.6) is 0 Å². The maximum Gasteiger partial charge on any atom is 0.358 e. The number of methoxy groups -OCH3 is 2. The molecule has 0 radical (unpaired) electrons. The molecule has 94 valence electrons. The van der Waals surface area contributed by atoms with Crippen LogP contribution in [-0.4, -0.2) is 25.2 Å². The Morgan fingerprint density at radius 2 is 2.11 bits per heavy atom. The molecule has 2 aromatic rings. The smallest absolute Gasteiger partial charge is 0.358 e. The highest BCUT2D eigenvalue weighted by atomic mass is 32.1. The molecule has 0 aliphatic rings. The van der Waals surface area contributed by atoms with Gasteiger partial charge in [-0.25, -0.2) is 9.78 Å². The number of benzene rings is 1. The fourth-order valence-electron chi connectivity index (χ4n) is 1.70. The van der Waals surface area contributed by atoms with E-state index < -0.39 is 5.97 Å². The first-order chi connectivity index (χ1) is 8.77. The highest BCUT2D eigenvalue weighted by Gasteiger charge is 2.18. The van der Waals surface area contributed by atoms with Gasteiger partial charge in [0.25, 0.3) is 0 Å². The molecule has 2 rings (SSSR count). The molecule has 0 saturated heterocycles. The topological polar surface area (TPSA) is 48.4 Å². The minimum atomic E-state index is -0.418. The molecule has 0 unspecified atom stereocenters. The van der Waals surface area contributed by atoms with E-state index in [1.165, 1.54) is 18.4 Å². The SMILES string of the molecule is COCc1ccccc1-c1scnc1C(=O)OC. The summed E-state index contributed by atoms with van der Waals surface area (Å²) >= 11 is 1.42. The number of carbonyl (C=O) groups is 1. The standard InChI is InChI=1S/C13H13NO3S/c1-16-7-9-5-3-4-6-10(9)12-11(13(15)17-2)14-8-18-12/h3-6,8H,7H2,1-2H3. The molecule has 18 heavy (non-hydrogen) atoms. The molecule has 1 heterocycles. The Morgan fingerprint density at radius 1 is 1.33 bits per heavy atom. The van der Waals surface area contributed by atoms with Crippen LogP contribution in [0.15, 0.2) is 29.8 Å². The summed E-state index contributed by atoms with van der Waals surface area (Å²) < 4.78 is 9.89. The number of aromatic nitrogens is 1. The zero-order valence-electron chi connectivity index (χ0n) is 10.2. The van der Waals surface area contributed by atoms with Gasteiger partial charge in [0.2, 0.25) is 0 Å². The number of esters is 1. The Kier molecular flexibility index (Phi) is 4.07. The molecule has 5 heteroatoms. The van der Waals surface area contributed by atoms with E-state index in [9.17, 15) is 4.79 Å². The normalized spacial score (nSPS) is 10.3. The van der Waals surface area contributed by atoms with Crippen molar-refractivity contribution in [1.29, 1.82) is 0 Å². The molecule has 1 aromatic carbocycles. The highest BCUT2D eigenvalue weighted by molar-refractivity contribution is 7.13. The molecule has 0 N–H and O–H groups in total. The van der Waals surface area contributed by atoms with Gasteiger partial charge >= 0.3 is 5.97 Å². The fourth-order valence-corrected chi connectivity index (χ4v) is 2.54. The van der Waals surface area contributed by atoms with Crippen molar-refractivity contribution in [2.24, 2.45) is 0 Å². The van der Waals surface area contributed by atoms with Crippen LogP contribution >= 0.6 is 11.3 Å². The largest absolute Gasteiger partial charge is 0.464 e. The summed E-state index contributed by atoms with van der Waals surface area (Å²) in [4.78, 5) is 16.5. The quantitative estimate of drug-likeness (QED) is 0.796. The summed E-state index contributed by atoms with van der Waals surface area (Å²) in [6.07, 6.45) is 0. The first-order valence-corrected chi connectivity index (χ1v) is 6.25. The molecule has 0 saturated carbocycles. The van der Waals surface area contributed by atoms with E-state index in [2.05, 4.69) is 4.98 Å². The van der Waals surface area contributed by atoms with E-state index in [0.29, 0.717) is 12.3 Å². The second kappa shape index (κ2) is 5.75. The lowest BCUT2D eigenvalue weighted by molar-refractivity contribution is 0.0596. The number of thiazole rings is 1. The van der Waals surface area contributed by atoms with Gasteiger partial charge in [0.15, 0.2) is 5.69 Å².